The van der Waals surface area contributed by atoms with Gasteiger partial charge in [0.15, 0.2) is 0 Å². The van der Waals surface area contributed by atoms with Crippen molar-refractivity contribution in [1.29, 1.82) is 0 Å². The Kier molecular flexibility index (Phi) is 5.49. The first-order valence-corrected chi connectivity index (χ1v) is 7.63. The first kappa shape index (κ1) is 17.6. The van der Waals surface area contributed by atoms with Crippen LogP contribution in [0.15, 0.2) is 24.3 Å². The Hall–Kier alpha value is -1.79. The number of likely N-dealkylation sites (tertiary alicyclic amines) is 1. The summed E-state index contributed by atoms with van der Waals surface area (Å²) in [6, 6.07) is 6.94. The van der Waals surface area contributed by atoms with Crippen molar-refractivity contribution in [1.82, 2.24) is 15.1 Å². The number of amides is 3. The Labute approximate surface area is 142 Å². The highest BCUT2D eigenvalue weighted by Crippen LogP contribution is 2.27. The van der Waals surface area contributed by atoms with Gasteiger partial charge in [-0.1, -0.05) is 6.07 Å². The van der Waals surface area contributed by atoms with Gasteiger partial charge in [0.1, 0.15) is 0 Å². The first-order valence-electron chi connectivity index (χ1n) is 7.63. The lowest BCUT2D eigenvalue weighted by atomic mass is 10.0. The van der Waals surface area contributed by atoms with Crippen molar-refractivity contribution in [3.05, 3.63) is 29.8 Å². The molecule has 0 aromatic heterocycles. The van der Waals surface area contributed by atoms with E-state index in [0.29, 0.717) is 23.1 Å². The second kappa shape index (κ2) is 7.19. The summed E-state index contributed by atoms with van der Waals surface area (Å²) in [6.45, 7) is 3.66. The number of urea groups is 1. The van der Waals surface area contributed by atoms with Crippen LogP contribution in [-0.2, 0) is 0 Å². The summed E-state index contributed by atoms with van der Waals surface area (Å²) >= 11 is 0. The molecule has 6 nitrogen and oxygen atoms in total. The van der Waals surface area contributed by atoms with Gasteiger partial charge in [0.05, 0.1) is 0 Å². The van der Waals surface area contributed by atoms with Gasteiger partial charge in [0, 0.05) is 51.5 Å². The van der Waals surface area contributed by atoms with E-state index in [0.717, 1.165) is 26.2 Å². The molecule has 1 aromatic carbocycles. The molecule has 2 heterocycles. The Morgan fingerprint density at radius 2 is 1.87 bits per heavy atom. The van der Waals surface area contributed by atoms with Crippen molar-refractivity contribution in [2.45, 2.75) is 0 Å². The number of carbonyl (C=O) groups excluding carboxylic acids is 2. The van der Waals surface area contributed by atoms with Crippen LogP contribution in [0.2, 0.25) is 0 Å². The van der Waals surface area contributed by atoms with Crippen LogP contribution < -0.4 is 10.6 Å². The molecule has 23 heavy (non-hydrogen) atoms. The molecule has 0 bridgehead atoms. The van der Waals surface area contributed by atoms with Gasteiger partial charge in [-0.3, -0.25) is 4.79 Å². The molecular formula is C16H23ClN4O2. The molecule has 0 unspecified atom stereocenters. The highest BCUT2D eigenvalue weighted by molar-refractivity contribution is 5.97. The third-order valence-corrected chi connectivity index (χ3v) is 4.44. The topological polar surface area (TPSA) is 64.7 Å². The van der Waals surface area contributed by atoms with Crippen LogP contribution in [0.3, 0.4) is 0 Å². The van der Waals surface area contributed by atoms with E-state index in [2.05, 4.69) is 10.6 Å². The minimum atomic E-state index is -0.202. The smallest absolute Gasteiger partial charge is 0.321 e. The average Bonchev–Trinajstić information content (AvgIpc) is 3.07. The van der Waals surface area contributed by atoms with Gasteiger partial charge in [-0.15, -0.1) is 12.4 Å². The summed E-state index contributed by atoms with van der Waals surface area (Å²) in [4.78, 5) is 27.7. The summed E-state index contributed by atoms with van der Waals surface area (Å²) in [5.41, 5.74) is 1.27. The molecule has 2 atom stereocenters. The van der Waals surface area contributed by atoms with Crippen LogP contribution in [0.4, 0.5) is 10.5 Å². The van der Waals surface area contributed by atoms with Gasteiger partial charge in [0.25, 0.3) is 5.91 Å². The molecule has 7 heteroatoms. The third-order valence-electron chi connectivity index (χ3n) is 4.44. The normalized spacial score (nSPS) is 22.3. The zero-order valence-electron chi connectivity index (χ0n) is 13.4. The van der Waals surface area contributed by atoms with Crippen LogP contribution in [0.25, 0.3) is 0 Å². The van der Waals surface area contributed by atoms with Crippen molar-refractivity contribution < 1.29 is 9.59 Å². The van der Waals surface area contributed by atoms with Gasteiger partial charge in [-0.2, -0.15) is 0 Å². The predicted octanol–water partition coefficient (Wildman–Crippen LogP) is 1.49. The van der Waals surface area contributed by atoms with Crippen LogP contribution >= 0.6 is 12.4 Å². The maximum absolute atomic E-state index is 12.6. The third kappa shape index (κ3) is 3.76. The Morgan fingerprint density at radius 1 is 1.22 bits per heavy atom. The van der Waals surface area contributed by atoms with Crippen LogP contribution in [0.5, 0.6) is 0 Å². The highest BCUT2D eigenvalue weighted by Gasteiger charge is 2.38. The van der Waals surface area contributed by atoms with Gasteiger partial charge >= 0.3 is 6.03 Å². The van der Waals surface area contributed by atoms with Gasteiger partial charge < -0.3 is 20.4 Å². The summed E-state index contributed by atoms with van der Waals surface area (Å²) in [5, 5.41) is 6.15. The lowest BCUT2D eigenvalue weighted by Gasteiger charge is -2.18. The Bertz CT molecular complexity index is 581. The fourth-order valence-corrected chi connectivity index (χ4v) is 3.17. The predicted molar refractivity (Wildman–Crippen MR) is 92.1 cm³/mol. The number of anilines is 1. The molecule has 126 valence electrons. The maximum atomic E-state index is 12.6. The van der Waals surface area contributed by atoms with E-state index in [1.54, 1.807) is 38.4 Å². The van der Waals surface area contributed by atoms with Crippen LogP contribution in [0.1, 0.15) is 10.4 Å². The molecule has 1 aromatic rings. The lowest BCUT2D eigenvalue weighted by molar-refractivity contribution is 0.0781. The van der Waals surface area contributed by atoms with E-state index in [1.165, 1.54) is 4.90 Å². The van der Waals surface area contributed by atoms with Gasteiger partial charge in [-0.25, -0.2) is 4.79 Å². The zero-order valence-corrected chi connectivity index (χ0v) is 14.2. The summed E-state index contributed by atoms with van der Waals surface area (Å²) < 4.78 is 0. The first-order chi connectivity index (χ1) is 10.5. The number of nitrogens with one attached hydrogen (secondary N) is 2. The van der Waals surface area contributed by atoms with Crippen molar-refractivity contribution >= 4 is 30.0 Å². The fourth-order valence-electron chi connectivity index (χ4n) is 3.17. The highest BCUT2D eigenvalue weighted by atomic mass is 35.5. The summed E-state index contributed by atoms with van der Waals surface area (Å²) in [6.07, 6.45) is 0. The molecular weight excluding hydrogens is 316 g/mol. The molecule has 0 aliphatic carbocycles. The maximum Gasteiger partial charge on any atom is 0.321 e. The Morgan fingerprint density at radius 3 is 2.48 bits per heavy atom. The average molecular weight is 339 g/mol. The standard InChI is InChI=1S/C16H22N4O2.ClH/c1-19(2)16(22)18-14-5-3-4-11(6-14)15(21)20-9-12-7-17-8-13(12)10-20;/h3-6,12-13,17H,7-10H2,1-2H3,(H,18,22);1H/t12-,13+;. The molecule has 2 fully saturated rings. The fraction of sp³-hybridized carbons (Fsp3) is 0.500. The Balaban J connectivity index is 0.00000192. The molecule has 2 aliphatic rings. The molecule has 0 radical (unpaired) electrons. The van der Waals surface area contributed by atoms with E-state index < -0.39 is 0 Å². The lowest BCUT2D eigenvalue weighted by Crippen LogP contribution is -2.32. The number of benzene rings is 1. The van der Waals surface area contributed by atoms with Crippen molar-refractivity contribution in [2.75, 3.05) is 45.6 Å². The van der Waals surface area contributed by atoms with Crippen LogP contribution in [0, 0.1) is 11.8 Å². The SMILES string of the molecule is CN(C)C(=O)Nc1cccc(C(=O)N2C[C@H]3CNC[C@H]3C2)c1.Cl. The number of rotatable bonds is 2. The van der Waals surface area contributed by atoms with E-state index in [-0.39, 0.29) is 24.3 Å². The van der Waals surface area contributed by atoms with Crippen molar-refractivity contribution in [2.24, 2.45) is 11.8 Å². The van der Waals surface area contributed by atoms with E-state index in [4.69, 9.17) is 0 Å². The van der Waals surface area contributed by atoms with E-state index >= 15 is 0 Å². The molecule has 2 N–H and O–H groups in total. The number of carbonyl (C=O) groups is 2. The van der Waals surface area contributed by atoms with Gasteiger partial charge in [-0.05, 0) is 30.0 Å². The minimum absolute atomic E-state index is 0. The van der Waals surface area contributed by atoms with Crippen molar-refractivity contribution in [3.63, 3.8) is 0 Å². The van der Waals surface area contributed by atoms with Crippen LogP contribution in [-0.4, -0.2) is 62.0 Å². The number of hydrogen-bond acceptors (Lipinski definition) is 3. The molecule has 2 saturated heterocycles. The molecule has 0 saturated carbocycles. The molecule has 2 aliphatic heterocycles. The molecule has 0 spiro atoms. The number of halogens is 1. The number of fused-ring (bicyclic) bond motifs is 1. The number of hydrogen-bond donors (Lipinski definition) is 2. The second-order valence-electron chi connectivity index (χ2n) is 6.29. The minimum Gasteiger partial charge on any atom is -0.338 e. The van der Waals surface area contributed by atoms with Crippen molar-refractivity contribution in [3.8, 4) is 0 Å². The second-order valence-corrected chi connectivity index (χ2v) is 6.29. The summed E-state index contributed by atoms with van der Waals surface area (Å²) in [5.74, 6) is 1.22. The number of nitrogens with zero attached hydrogens (tertiary/aromatic N) is 2. The largest absolute Gasteiger partial charge is 0.338 e. The van der Waals surface area contributed by atoms with E-state index in [1.807, 2.05) is 4.90 Å². The van der Waals surface area contributed by atoms with E-state index in [9.17, 15) is 9.59 Å². The molecule has 3 rings (SSSR count). The molecule has 3 amide bonds. The quantitative estimate of drug-likeness (QED) is 0.858. The monoisotopic (exact) mass is 338 g/mol. The summed E-state index contributed by atoms with van der Waals surface area (Å²) in [7, 11) is 3.36. The zero-order chi connectivity index (χ0) is 15.7. The van der Waals surface area contributed by atoms with Gasteiger partial charge in [0.2, 0.25) is 0 Å².